The second kappa shape index (κ2) is 5.57. The van der Waals surface area contributed by atoms with Crippen molar-refractivity contribution in [2.75, 3.05) is 14.1 Å². The van der Waals surface area contributed by atoms with Crippen LogP contribution in [0.4, 0.5) is 0 Å². The topological polar surface area (TPSA) is 63.4 Å². The van der Waals surface area contributed by atoms with Gasteiger partial charge in [0, 0.05) is 26.9 Å². The van der Waals surface area contributed by atoms with E-state index in [1.165, 1.54) is 0 Å². The Morgan fingerprint density at radius 1 is 1.17 bits per heavy atom. The summed E-state index contributed by atoms with van der Waals surface area (Å²) in [6, 6.07) is 0. The van der Waals surface area contributed by atoms with Crippen molar-refractivity contribution in [3.8, 4) is 0 Å². The Bertz CT molecular complexity index is 166. The van der Waals surface area contributed by atoms with E-state index in [1.807, 2.05) is 0 Å². The number of primary amides is 1. The molecule has 0 spiro atoms. The molecule has 0 aromatic rings. The molecule has 0 atom stereocenters. The van der Waals surface area contributed by atoms with E-state index < -0.39 is 0 Å². The molecule has 0 saturated carbocycles. The minimum absolute atomic E-state index is 0.0967. The largest absolute Gasteiger partial charge is 0.370 e. The van der Waals surface area contributed by atoms with Gasteiger partial charge in [-0.3, -0.25) is 9.59 Å². The van der Waals surface area contributed by atoms with Crippen molar-refractivity contribution in [3.63, 3.8) is 0 Å². The number of nitrogens with two attached hydrogens (primary N) is 1. The summed E-state index contributed by atoms with van der Waals surface area (Å²) in [6.45, 7) is 0. The molecule has 0 bridgehead atoms. The van der Waals surface area contributed by atoms with Crippen molar-refractivity contribution >= 4 is 11.8 Å². The van der Waals surface area contributed by atoms with Gasteiger partial charge in [-0.05, 0) is 12.8 Å². The average Bonchev–Trinajstić information content (AvgIpc) is 1.97. The molecular formula is C8H16N2O2. The molecule has 0 rings (SSSR count). The van der Waals surface area contributed by atoms with E-state index in [0.717, 1.165) is 6.42 Å². The maximum Gasteiger partial charge on any atom is 0.222 e. The number of hydrogen-bond donors (Lipinski definition) is 1. The highest BCUT2D eigenvalue weighted by Crippen LogP contribution is 2.00. The van der Waals surface area contributed by atoms with Gasteiger partial charge < -0.3 is 10.6 Å². The minimum atomic E-state index is -0.299. The van der Waals surface area contributed by atoms with Crippen molar-refractivity contribution in [2.45, 2.75) is 25.7 Å². The van der Waals surface area contributed by atoms with Crippen LogP contribution >= 0.6 is 0 Å². The third-order valence-corrected chi connectivity index (χ3v) is 1.56. The molecule has 70 valence electrons. The quantitative estimate of drug-likeness (QED) is 0.599. The number of nitrogens with zero attached hydrogens (tertiary/aromatic N) is 1. The zero-order valence-electron chi connectivity index (χ0n) is 7.67. The Hall–Kier alpha value is -1.06. The van der Waals surface area contributed by atoms with Gasteiger partial charge in [-0.1, -0.05) is 0 Å². The summed E-state index contributed by atoms with van der Waals surface area (Å²) in [5.41, 5.74) is 4.93. The highest BCUT2D eigenvalue weighted by atomic mass is 16.2. The van der Waals surface area contributed by atoms with Crippen LogP contribution in [-0.4, -0.2) is 30.8 Å². The monoisotopic (exact) mass is 172 g/mol. The molecule has 0 aliphatic carbocycles. The molecule has 0 aromatic carbocycles. The summed E-state index contributed by atoms with van der Waals surface area (Å²) in [7, 11) is 3.44. The summed E-state index contributed by atoms with van der Waals surface area (Å²) in [5, 5.41) is 0. The average molecular weight is 172 g/mol. The lowest BCUT2D eigenvalue weighted by molar-refractivity contribution is -0.129. The molecule has 0 unspecified atom stereocenters. The first-order valence-corrected chi connectivity index (χ1v) is 4.02. The predicted molar refractivity (Wildman–Crippen MR) is 46.4 cm³/mol. The molecule has 2 amide bonds. The third kappa shape index (κ3) is 5.70. The van der Waals surface area contributed by atoms with Crippen molar-refractivity contribution in [3.05, 3.63) is 0 Å². The second-order valence-electron chi connectivity index (χ2n) is 2.96. The Morgan fingerprint density at radius 3 is 2.08 bits per heavy atom. The number of unbranched alkanes of at least 4 members (excludes halogenated alkanes) is 1. The normalized spacial score (nSPS) is 9.50. The van der Waals surface area contributed by atoms with Crippen LogP contribution in [0.2, 0.25) is 0 Å². The summed E-state index contributed by atoms with van der Waals surface area (Å²) < 4.78 is 0. The van der Waals surface area contributed by atoms with Crippen molar-refractivity contribution in [2.24, 2.45) is 5.73 Å². The summed E-state index contributed by atoms with van der Waals surface area (Å²) >= 11 is 0. The maximum absolute atomic E-state index is 11.0. The van der Waals surface area contributed by atoms with Gasteiger partial charge in [0.1, 0.15) is 0 Å². The van der Waals surface area contributed by atoms with Gasteiger partial charge >= 0.3 is 0 Å². The molecular weight excluding hydrogens is 156 g/mol. The van der Waals surface area contributed by atoms with Crippen molar-refractivity contribution < 1.29 is 9.59 Å². The molecule has 12 heavy (non-hydrogen) atoms. The highest BCUT2D eigenvalue weighted by molar-refractivity contribution is 5.76. The smallest absolute Gasteiger partial charge is 0.222 e. The summed E-state index contributed by atoms with van der Waals surface area (Å²) in [6.07, 6.45) is 2.32. The first-order valence-electron chi connectivity index (χ1n) is 4.02. The molecule has 4 heteroatoms. The van der Waals surface area contributed by atoms with Crippen LogP contribution < -0.4 is 5.73 Å². The van der Waals surface area contributed by atoms with Crippen LogP contribution in [0.1, 0.15) is 25.7 Å². The predicted octanol–water partition coefficient (Wildman–Crippen LogP) is 0.120. The van der Waals surface area contributed by atoms with Gasteiger partial charge in [0.05, 0.1) is 0 Å². The first kappa shape index (κ1) is 10.9. The van der Waals surface area contributed by atoms with Crippen LogP contribution in [0.15, 0.2) is 0 Å². The fraction of sp³-hybridized carbons (Fsp3) is 0.750. The van der Waals surface area contributed by atoms with E-state index in [0.29, 0.717) is 19.3 Å². The molecule has 0 aliphatic rings. The molecule has 0 aromatic heterocycles. The van der Waals surface area contributed by atoms with Gasteiger partial charge in [0.15, 0.2) is 0 Å². The van der Waals surface area contributed by atoms with Crippen molar-refractivity contribution in [1.82, 2.24) is 4.90 Å². The Labute approximate surface area is 72.7 Å². The van der Waals surface area contributed by atoms with E-state index in [1.54, 1.807) is 19.0 Å². The molecule has 0 aliphatic heterocycles. The summed E-state index contributed by atoms with van der Waals surface area (Å²) in [5.74, 6) is -0.202. The lowest BCUT2D eigenvalue weighted by Gasteiger charge is -2.08. The van der Waals surface area contributed by atoms with Gasteiger partial charge in [-0.15, -0.1) is 0 Å². The zero-order valence-corrected chi connectivity index (χ0v) is 7.67. The SMILES string of the molecule is CN(C)C(=O)CCCCC(N)=O. The maximum atomic E-state index is 11.0. The van der Waals surface area contributed by atoms with Crippen LogP contribution in [0.3, 0.4) is 0 Å². The standard InChI is InChI=1S/C8H16N2O2/c1-10(2)8(12)6-4-3-5-7(9)11/h3-6H2,1-2H3,(H2,9,11). The van der Waals surface area contributed by atoms with E-state index >= 15 is 0 Å². The molecule has 2 N–H and O–H groups in total. The third-order valence-electron chi connectivity index (χ3n) is 1.56. The number of rotatable bonds is 5. The van der Waals surface area contributed by atoms with E-state index in [9.17, 15) is 9.59 Å². The number of carbonyl (C=O) groups excluding carboxylic acids is 2. The molecule has 0 radical (unpaired) electrons. The van der Waals surface area contributed by atoms with Gasteiger partial charge in [0.2, 0.25) is 11.8 Å². The lowest BCUT2D eigenvalue weighted by atomic mass is 10.2. The minimum Gasteiger partial charge on any atom is -0.370 e. The Balaban J connectivity index is 3.32. The molecule has 0 heterocycles. The zero-order chi connectivity index (χ0) is 9.56. The van der Waals surface area contributed by atoms with Crippen LogP contribution in [0.5, 0.6) is 0 Å². The number of hydrogen-bond acceptors (Lipinski definition) is 2. The molecule has 0 saturated heterocycles. The van der Waals surface area contributed by atoms with Crippen molar-refractivity contribution in [1.29, 1.82) is 0 Å². The van der Waals surface area contributed by atoms with Crippen LogP contribution in [-0.2, 0) is 9.59 Å². The van der Waals surface area contributed by atoms with Crippen LogP contribution in [0.25, 0.3) is 0 Å². The molecule has 0 fully saturated rings. The van der Waals surface area contributed by atoms with Gasteiger partial charge in [-0.25, -0.2) is 0 Å². The Morgan fingerprint density at radius 2 is 1.67 bits per heavy atom. The highest BCUT2D eigenvalue weighted by Gasteiger charge is 2.03. The van der Waals surface area contributed by atoms with Crippen LogP contribution in [0, 0.1) is 0 Å². The van der Waals surface area contributed by atoms with Gasteiger partial charge in [0.25, 0.3) is 0 Å². The summed E-state index contributed by atoms with van der Waals surface area (Å²) in [4.78, 5) is 22.8. The number of carbonyl (C=O) groups is 2. The lowest BCUT2D eigenvalue weighted by Crippen LogP contribution is -2.21. The van der Waals surface area contributed by atoms with E-state index in [-0.39, 0.29) is 11.8 Å². The fourth-order valence-corrected chi connectivity index (χ4v) is 0.799. The van der Waals surface area contributed by atoms with Gasteiger partial charge in [-0.2, -0.15) is 0 Å². The molecule has 4 nitrogen and oxygen atoms in total. The Kier molecular flexibility index (Phi) is 5.08. The fourth-order valence-electron chi connectivity index (χ4n) is 0.799. The second-order valence-corrected chi connectivity index (χ2v) is 2.96. The first-order chi connectivity index (χ1) is 5.54. The van der Waals surface area contributed by atoms with E-state index in [4.69, 9.17) is 5.73 Å². The van der Waals surface area contributed by atoms with E-state index in [2.05, 4.69) is 0 Å². The number of amides is 2.